The molecule has 1 atom stereocenters. The molecule has 1 rings (SSSR count). The summed E-state index contributed by atoms with van der Waals surface area (Å²) in [7, 11) is -1.35. The standard InChI is InChI=1S/C17H27NO5Si/c1-6-17(24(21-7-2,22-8-3)23-9-4)14-10-11-15(20-13-18)16(12-14)19-5/h10-12,17H,6-9H2,1-5H3. The van der Waals surface area contributed by atoms with Crippen LogP contribution in [0.2, 0.25) is 0 Å². The molecule has 0 radical (unpaired) electrons. The van der Waals surface area contributed by atoms with Gasteiger partial charge in [-0.05, 0) is 44.9 Å². The minimum atomic E-state index is -2.90. The number of benzene rings is 1. The van der Waals surface area contributed by atoms with E-state index in [1.54, 1.807) is 19.4 Å². The van der Waals surface area contributed by atoms with E-state index < -0.39 is 8.80 Å². The van der Waals surface area contributed by atoms with Crippen molar-refractivity contribution in [2.75, 3.05) is 26.9 Å². The molecule has 7 heteroatoms. The normalized spacial score (nSPS) is 12.5. The molecule has 0 N–H and O–H groups in total. The van der Waals surface area contributed by atoms with Gasteiger partial charge in [0.25, 0.3) is 6.26 Å². The summed E-state index contributed by atoms with van der Waals surface area (Å²) < 4.78 is 28.4. The van der Waals surface area contributed by atoms with E-state index in [1.165, 1.54) is 0 Å². The molecule has 24 heavy (non-hydrogen) atoms. The zero-order valence-corrected chi connectivity index (χ0v) is 16.1. The summed E-state index contributed by atoms with van der Waals surface area (Å²) in [6.07, 6.45) is 2.47. The van der Waals surface area contributed by atoms with Crippen molar-refractivity contribution in [2.45, 2.75) is 39.7 Å². The first-order valence-electron chi connectivity index (χ1n) is 8.27. The molecule has 0 bridgehead atoms. The lowest BCUT2D eigenvalue weighted by Gasteiger charge is -2.35. The van der Waals surface area contributed by atoms with E-state index in [4.69, 9.17) is 28.0 Å². The highest BCUT2D eigenvalue weighted by Gasteiger charge is 2.49. The van der Waals surface area contributed by atoms with E-state index in [1.807, 2.05) is 32.9 Å². The molecule has 0 saturated carbocycles. The van der Waals surface area contributed by atoms with Crippen molar-refractivity contribution in [3.05, 3.63) is 23.8 Å². The molecule has 0 amide bonds. The quantitative estimate of drug-likeness (QED) is 0.447. The van der Waals surface area contributed by atoms with Crippen LogP contribution in [-0.2, 0) is 13.3 Å². The maximum absolute atomic E-state index is 8.72. The highest BCUT2D eigenvalue weighted by Crippen LogP contribution is 2.37. The number of hydrogen-bond acceptors (Lipinski definition) is 6. The fourth-order valence-electron chi connectivity index (χ4n) is 2.75. The molecule has 6 nitrogen and oxygen atoms in total. The highest BCUT2D eigenvalue weighted by molar-refractivity contribution is 6.62. The van der Waals surface area contributed by atoms with Crippen LogP contribution in [0.15, 0.2) is 18.2 Å². The number of hydrogen-bond donors (Lipinski definition) is 0. The van der Waals surface area contributed by atoms with E-state index >= 15 is 0 Å². The van der Waals surface area contributed by atoms with Crippen LogP contribution in [0.5, 0.6) is 11.5 Å². The Labute approximate surface area is 145 Å². The van der Waals surface area contributed by atoms with Gasteiger partial charge in [-0.2, -0.15) is 0 Å². The monoisotopic (exact) mass is 353 g/mol. The second-order valence-electron chi connectivity index (χ2n) is 4.97. The summed E-state index contributed by atoms with van der Waals surface area (Å²) >= 11 is 0. The van der Waals surface area contributed by atoms with E-state index in [0.717, 1.165) is 12.0 Å². The molecule has 0 saturated heterocycles. The van der Waals surface area contributed by atoms with Crippen molar-refractivity contribution in [2.24, 2.45) is 0 Å². The summed E-state index contributed by atoms with van der Waals surface area (Å²) in [4.78, 5) is 0. The maximum Gasteiger partial charge on any atom is 0.508 e. The van der Waals surface area contributed by atoms with Gasteiger partial charge in [0.1, 0.15) is 0 Å². The lowest BCUT2D eigenvalue weighted by atomic mass is 10.1. The number of nitrogens with zero attached hydrogens (tertiary/aromatic N) is 1. The number of nitriles is 1. The van der Waals surface area contributed by atoms with Crippen molar-refractivity contribution in [3.8, 4) is 17.8 Å². The molecule has 1 aromatic rings. The lowest BCUT2D eigenvalue weighted by molar-refractivity contribution is 0.0611. The van der Waals surface area contributed by atoms with E-state index in [0.29, 0.717) is 31.3 Å². The zero-order chi connectivity index (χ0) is 18.0. The molecular weight excluding hydrogens is 326 g/mol. The first-order chi connectivity index (χ1) is 11.6. The minimum absolute atomic E-state index is 0.0256. The third kappa shape index (κ3) is 4.71. The van der Waals surface area contributed by atoms with Gasteiger partial charge in [0.2, 0.25) is 0 Å². The van der Waals surface area contributed by atoms with Crippen LogP contribution in [0.25, 0.3) is 0 Å². The lowest BCUT2D eigenvalue weighted by Crippen LogP contribution is -2.51. The summed E-state index contributed by atoms with van der Waals surface area (Å²) in [6, 6.07) is 5.49. The van der Waals surface area contributed by atoms with E-state index in [2.05, 4.69) is 6.92 Å². The fourth-order valence-corrected chi connectivity index (χ4v) is 5.90. The molecule has 134 valence electrons. The van der Waals surface area contributed by atoms with E-state index in [-0.39, 0.29) is 5.54 Å². The van der Waals surface area contributed by atoms with Crippen LogP contribution in [0, 0.1) is 11.5 Å². The second-order valence-corrected chi connectivity index (χ2v) is 7.74. The highest BCUT2D eigenvalue weighted by atomic mass is 28.4. The predicted octanol–water partition coefficient (Wildman–Crippen LogP) is 3.64. The van der Waals surface area contributed by atoms with Gasteiger partial charge in [0.15, 0.2) is 11.5 Å². The molecule has 1 unspecified atom stereocenters. The Morgan fingerprint density at radius 3 is 2.00 bits per heavy atom. The molecule has 0 spiro atoms. The zero-order valence-electron chi connectivity index (χ0n) is 15.1. The summed E-state index contributed by atoms with van der Waals surface area (Å²) in [5.41, 5.74) is 0.962. The largest absolute Gasteiger partial charge is 0.508 e. The summed E-state index contributed by atoms with van der Waals surface area (Å²) in [5, 5.41) is 8.72. The SMILES string of the molecule is CCO[Si](OCC)(OCC)C(CC)c1ccc(OC#N)c(OC)c1. The van der Waals surface area contributed by atoms with Crippen molar-refractivity contribution in [1.29, 1.82) is 5.26 Å². The smallest absolute Gasteiger partial charge is 0.493 e. The Morgan fingerprint density at radius 2 is 1.58 bits per heavy atom. The van der Waals surface area contributed by atoms with Gasteiger partial charge in [-0.25, -0.2) is 0 Å². The van der Waals surface area contributed by atoms with Gasteiger partial charge >= 0.3 is 8.80 Å². The topological polar surface area (TPSA) is 69.9 Å². The first kappa shape index (κ1) is 20.5. The average molecular weight is 353 g/mol. The Bertz CT molecular complexity index is 529. The molecule has 0 aliphatic rings. The van der Waals surface area contributed by atoms with Crippen LogP contribution in [0.4, 0.5) is 0 Å². The third-order valence-electron chi connectivity index (χ3n) is 3.62. The summed E-state index contributed by atoms with van der Waals surface area (Å²) in [5.74, 6) is 0.884. The predicted molar refractivity (Wildman–Crippen MR) is 92.9 cm³/mol. The Morgan fingerprint density at radius 1 is 1.00 bits per heavy atom. The van der Waals surface area contributed by atoms with Crippen LogP contribution in [0.3, 0.4) is 0 Å². The Hall–Kier alpha value is -1.59. The van der Waals surface area contributed by atoms with Crippen LogP contribution < -0.4 is 9.47 Å². The van der Waals surface area contributed by atoms with Gasteiger partial charge < -0.3 is 22.8 Å². The van der Waals surface area contributed by atoms with E-state index in [9.17, 15) is 0 Å². The van der Waals surface area contributed by atoms with Gasteiger partial charge in [0.05, 0.1) is 12.7 Å². The fraction of sp³-hybridized carbons (Fsp3) is 0.588. The maximum atomic E-state index is 8.72. The summed E-state index contributed by atoms with van der Waals surface area (Å²) in [6.45, 7) is 9.47. The molecular formula is C17H27NO5Si. The van der Waals surface area contributed by atoms with Crippen LogP contribution >= 0.6 is 0 Å². The first-order valence-corrected chi connectivity index (χ1v) is 10.1. The van der Waals surface area contributed by atoms with Crippen molar-refractivity contribution in [3.63, 3.8) is 0 Å². The molecule has 0 aliphatic carbocycles. The Kier molecular flexibility index (Phi) is 8.78. The second kappa shape index (κ2) is 10.3. The number of rotatable bonds is 11. The molecule has 1 aromatic carbocycles. The van der Waals surface area contributed by atoms with Gasteiger partial charge in [-0.3, -0.25) is 0 Å². The third-order valence-corrected chi connectivity index (χ3v) is 7.29. The molecule has 0 fully saturated rings. The number of methoxy groups -OCH3 is 1. The molecule has 0 heterocycles. The van der Waals surface area contributed by atoms with Crippen molar-refractivity contribution in [1.82, 2.24) is 0 Å². The van der Waals surface area contributed by atoms with Gasteiger partial charge in [-0.15, -0.1) is 5.26 Å². The minimum Gasteiger partial charge on any atom is -0.493 e. The van der Waals surface area contributed by atoms with Gasteiger partial charge in [-0.1, -0.05) is 13.0 Å². The molecule has 0 aliphatic heterocycles. The van der Waals surface area contributed by atoms with Crippen molar-refractivity contribution >= 4 is 8.80 Å². The Balaban J connectivity index is 3.32. The number of ether oxygens (including phenoxy) is 2. The van der Waals surface area contributed by atoms with Crippen LogP contribution in [-0.4, -0.2) is 35.7 Å². The molecule has 0 aromatic heterocycles. The van der Waals surface area contributed by atoms with Gasteiger partial charge in [0, 0.05) is 19.8 Å². The van der Waals surface area contributed by atoms with Crippen LogP contribution in [0.1, 0.15) is 45.2 Å². The van der Waals surface area contributed by atoms with Crippen molar-refractivity contribution < 1.29 is 22.8 Å². The average Bonchev–Trinajstić information content (AvgIpc) is 2.57.